The molecule has 2 aromatic rings. The minimum atomic E-state index is -0.544. The molecule has 2 N–H and O–H groups in total. The summed E-state index contributed by atoms with van der Waals surface area (Å²) >= 11 is 15.2. The summed E-state index contributed by atoms with van der Waals surface area (Å²) in [5.74, 6) is -0.289. The van der Waals surface area contributed by atoms with Crippen LogP contribution in [0.15, 0.2) is 46.0 Å². The normalized spacial score (nSPS) is 10.8. The number of unbranched alkanes of at least 4 members (excludes halogenated alkanes) is 1. The van der Waals surface area contributed by atoms with E-state index in [0.717, 1.165) is 28.6 Å². The Hall–Kier alpha value is -2.09. The summed E-state index contributed by atoms with van der Waals surface area (Å²) < 4.78 is 6.46. The summed E-state index contributed by atoms with van der Waals surface area (Å²) in [6.07, 6.45) is 3.15. The second-order valence-electron chi connectivity index (χ2n) is 6.04. The van der Waals surface area contributed by atoms with E-state index in [0.29, 0.717) is 22.3 Å². The Morgan fingerprint density at radius 3 is 2.62 bits per heavy atom. The van der Waals surface area contributed by atoms with Crippen molar-refractivity contribution in [3.8, 4) is 5.75 Å². The van der Waals surface area contributed by atoms with Crippen molar-refractivity contribution in [2.75, 3.05) is 11.9 Å². The maximum atomic E-state index is 11.9. The first-order valence-corrected chi connectivity index (χ1v) is 10.4. The van der Waals surface area contributed by atoms with E-state index in [1.807, 2.05) is 18.2 Å². The van der Waals surface area contributed by atoms with Gasteiger partial charge in [-0.2, -0.15) is 5.10 Å². The molecule has 6 nitrogen and oxygen atoms in total. The molecular formula is C20H20BrCl2N3O3. The van der Waals surface area contributed by atoms with E-state index in [-0.39, 0.29) is 6.42 Å². The molecule has 0 atom stereocenters. The third-order valence-electron chi connectivity index (χ3n) is 3.64. The molecular weight excluding hydrogens is 481 g/mol. The number of carbonyl (C=O) groups excluding carboxylic acids is 2. The Bertz CT molecular complexity index is 907. The Morgan fingerprint density at radius 2 is 1.93 bits per heavy atom. The van der Waals surface area contributed by atoms with Crippen LogP contribution >= 0.6 is 39.1 Å². The van der Waals surface area contributed by atoms with Crippen molar-refractivity contribution in [3.63, 3.8) is 0 Å². The van der Waals surface area contributed by atoms with E-state index < -0.39 is 11.8 Å². The standard InChI is InChI=1S/C20H20BrCl2N3O3/c1-2-3-8-29-18-7-4-13(9-15(18)21)12-24-26-20(28)11-19(27)25-14-5-6-16(22)17(23)10-14/h4-7,9-10,12H,2-3,8,11H2,1H3,(H,25,27)(H,26,28). The van der Waals surface area contributed by atoms with Gasteiger partial charge in [-0.1, -0.05) is 36.5 Å². The molecule has 0 aromatic heterocycles. The number of anilines is 1. The summed E-state index contributed by atoms with van der Waals surface area (Å²) in [6.45, 7) is 2.76. The zero-order valence-electron chi connectivity index (χ0n) is 15.7. The number of benzene rings is 2. The molecule has 0 bridgehead atoms. The topological polar surface area (TPSA) is 79.8 Å². The summed E-state index contributed by atoms with van der Waals surface area (Å²) in [5, 5.41) is 7.13. The molecule has 154 valence electrons. The molecule has 2 rings (SSSR count). The fourth-order valence-corrected chi connectivity index (χ4v) is 2.99. The molecule has 2 amide bonds. The summed E-state index contributed by atoms with van der Waals surface area (Å²) in [5.41, 5.74) is 3.54. The van der Waals surface area contributed by atoms with E-state index in [4.69, 9.17) is 27.9 Å². The van der Waals surface area contributed by atoms with Crippen molar-refractivity contribution in [3.05, 3.63) is 56.5 Å². The molecule has 0 radical (unpaired) electrons. The third-order valence-corrected chi connectivity index (χ3v) is 5.00. The molecule has 2 aromatic carbocycles. The highest BCUT2D eigenvalue weighted by atomic mass is 79.9. The van der Waals surface area contributed by atoms with Crippen LogP contribution in [0.2, 0.25) is 10.0 Å². The number of ether oxygens (including phenoxy) is 1. The van der Waals surface area contributed by atoms with Gasteiger partial charge in [-0.3, -0.25) is 9.59 Å². The zero-order chi connectivity index (χ0) is 21.2. The van der Waals surface area contributed by atoms with Crippen molar-refractivity contribution in [1.29, 1.82) is 0 Å². The van der Waals surface area contributed by atoms with Crippen LogP contribution in [0.3, 0.4) is 0 Å². The van der Waals surface area contributed by atoms with Crippen molar-refractivity contribution >= 4 is 62.8 Å². The van der Waals surface area contributed by atoms with Crippen LogP contribution in [0, 0.1) is 0 Å². The Balaban J connectivity index is 1.81. The van der Waals surface area contributed by atoms with Crippen LogP contribution in [-0.2, 0) is 9.59 Å². The van der Waals surface area contributed by atoms with Crippen molar-refractivity contribution in [2.45, 2.75) is 26.2 Å². The number of hydrogen-bond donors (Lipinski definition) is 2. The second kappa shape index (κ2) is 11.8. The zero-order valence-corrected chi connectivity index (χ0v) is 18.8. The number of hydrogen-bond acceptors (Lipinski definition) is 4. The van der Waals surface area contributed by atoms with Crippen LogP contribution in [0.4, 0.5) is 5.69 Å². The first kappa shape index (κ1) is 23.2. The fraction of sp³-hybridized carbons (Fsp3) is 0.250. The lowest BCUT2D eigenvalue weighted by Gasteiger charge is -2.08. The predicted molar refractivity (Wildman–Crippen MR) is 120 cm³/mol. The van der Waals surface area contributed by atoms with Gasteiger partial charge >= 0.3 is 0 Å². The Kier molecular flexibility index (Phi) is 9.44. The number of halogens is 3. The average molecular weight is 501 g/mol. The van der Waals surface area contributed by atoms with E-state index in [1.165, 1.54) is 12.3 Å². The van der Waals surface area contributed by atoms with E-state index in [9.17, 15) is 9.59 Å². The number of carbonyl (C=O) groups is 2. The van der Waals surface area contributed by atoms with Gasteiger partial charge in [0.25, 0.3) is 0 Å². The van der Waals surface area contributed by atoms with Gasteiger partial charge in [-0.05, 0) is 64.3 Å². The molecule has 29 heavy (non-hydrogen) atoms. The number of nitrogens with zero attached hydrogens (tertiary/aromatic N) is 1. The van der Waals surface area contributed by atoms with Gasteiger partial charge in [0.15, 0.2) is 0 Å². The molecule has 9 heteroatoms. The van der Waals surface area contributed by atoms with Crippen molar-refractivity contribution in [2.24, 2.45) is 5.10 Å². The van der Waals surface area contributed by atoms with Crippen molar-refractivity contribution in [1.82, 2.24) is 5.43 Å². The third kappa shape index (κ3) is 8.04. The highest BCUT2D eigenvalue weighted by Crippen LogP contribution is 2.26. The van der Waals surface area contributed by atoms with Crippen LogP contribution in [0.25, 0.3) is 0 Å². The molecule has 0 saturated carbocycles. The Morgan fingerprint density at radius 1 is 1.14 bits per heavy atom. The van der Waals surface area contributed by atoms with Gasteiger partial charge in [-0.15, -0.1) is 0 Å². The summed E-state index contributed by atoms with van der Waals surface area (Å²) in [6, 6.07) is 10.1. The maximum Gasteiger partial charge on any atom is 0.249 e. The van der Waals surface area contributed by atoms with Gasteiger partial charge in [0.05, 0.1) is 27.3 Å². The van der Waals surface area contributed by atoms with Gasteiger partial charge in [0.1, 0.15) is 12.2 Å². The van der Waals surface area contributed by atoms with E-state index in [2.05, 4.69) is 38.7 Å². The fourth-order valence-electron chi connectivity index (χ4n) is 2.18. The van der Waals surface area contributed by atoms with Crippen LogP contribution in [-0.4, -0.2) is 24.6 Å². The molecule has 0 aliphatic carbocycles. The number of rotatable bonds is 9. The summed E-state index contributed by atoms with van der Waals surface area (Å²) in [4.78, 5) is 23.8. The lowest BCUT2D eigenvalue weighted by molar-refractivity contribution is -0.126. The minimum absolute atomic E-state index is 0.312. The van der Waals surface area contributed by atoms with Gasteiger partial charge in [0.2, 0.25) is 11.8 Å². The second-order valence-corrected chi connectivity index (χ2v) is 7.71. The largest absolute Gasteiger partial charge is 0.492 e. The molecule has 0 fully saturated rings. The molecule has 0 spiro atoms. The number of hydrazone groups is 1. The van der Waals surface area contributed by atoms with Crippen LogP contribution < -0.4 is 15.5 Å². The number of nitrogens with one attached hydrogen (secondary N) is 2. The lowest BCUT2D eigenvalue weighted by Crippen LogP contribution is -2.24. The summed E-state index contributed by atoms with van der Waals surface area (Å²) in [7, 11) is 0. The maximum absolute atomic E-state index is 11.9. The quantitative estimate of drug-likeness (QED) is 0.209. The number of amides is 2. The SMILES string of the molecule is CCCCOc1ccc(C=NNC(=O)CC(=O)Nc2ccc(Cl)c(Cl)c2)cc1Br. The van der Waals surface area contributed by atoms with Gasteiger partial charge in [-0.25, -0.2) is 5.43 Å². The predicted octanol–water partition coefficient (Wildman–Crippen LogP) is 5.41. The molecule has 0 aliphatic rings. The van der Waals surface area contributed by atoms with Gasteiger partial charge < -0.3 is 10.1 Å². The smallest absolute Gasteiger partial charge is 0.249 e. The van der Waals surface area contributed by atoms with Gasteiger partial charge in [0, 0.05) is 5.69 Å². The van der Waals surface area contributed by atoms with E-state index in [1.54, 1.807) is 12.1 Å². The average Bonchev–Trinajstić information content (AvgIpc) is 2.66. The minimum Gasteiger partial charge on any atom is -0.492 e. The first-order chi connectivity index (χ1) is 13.9. The van der Waals surface area contributed by atoms with E-state index >= 15 is 0 Å². The first-order valence-electron chi connectivity index (χ1n) is 8.88. The molecule has 0 unspecified atom stereocenters. The monoisotopic (exact) mass is 499 g/mol. The Labute approximate surface area is 187 Å². The molecule has 0 saturated heterocycles. The van der Waals surface area contributed by atoms with Crippen LogP contribution in [0.5, 0.6) is 5.75 Å². The highest BCUT2D eigenvalue weighted by Gasteiger charge is 2.10. The highest BCUT2D eigenvalue weighted by molar-refractivity contribution is 9.10. The lowest BCUT2D eigenvalue weighted by atomic mass is 10.2. The van der Waals surface area contributed by atoms with Crippen LogP contribution in [0.1, 0.15) is 31.7 Å². The van der Waals surface area contributed by atoms with Crippen molar-refractivity contribution < 1.29 is 14.3 Å². The molecule has 0 aliphatic heterocycles. The molecule has 0 heterocycles.